The van der Waals surface area contributed by atoms with Crippen LogP contribution in [0, 0.1) is 5.82 Å². The summed E-state index contributed by atoms with van der Waals surface area (Å²) in [6, 6.07) is 11.7. The molecule has 0 aliphatic rings. The number of aliphatic hydroxyl groups is 1. The van der Waals surface area contributed by atoms with Gasteiger partial charge in [0, 0.05) is 23.7 Å². The van der Waals surface area contributed by atoms with Crippen molar-refractivity contribution in [2.45, 2.75) is 19.4 Å². The minimum atomic E-state index is -1.00. The number of benzene rings is 2. The van der Waals surface area contributed by atoms with Crippen molar-refractivity contribution in [3.63, 3.8) is 0 Å². The van der Waals surface area contributed by atoms with E-state index in [9.17, 15) is 9.50 Å². The van der Waals surface area contributed by atoms with Crippen molar-refractivity contribution in [2.75, 3.05) is 26.7 Å². The standard InChI is InChI=1S/C20H25ClFN3O2/c1-3-23-20(25-13-19(26)16-6-4-5-7-18(16)22)24-11-10-14-8-9-15(27-2)12-17(14)21/h4-9,12,19,26H,3,10-11,13H2,1-2H3,(H2,23,24,25). The van der Waals surface area contributed by atoms with Crippen molar-refractivity contribution in [3.05, 3.63) is 64.4 Å². The normalized spacial score (nSPS) is 12.6. The quantitative estimate of drug-likeness (QED) is 0.475. The van der Waals surface area contributed by atoms with Crippen LogP contribution in [0.15, 0.2) is 47.5 Å². The maximum absolute atomic E-state index is 13.7. The van der Waals surface area contributed by atoms with Gasteiger partial charge in [-0.3, -0.25) is 4.99 Å². The van der Waals surface area contributed by atoms with Crippen molar-refractivity contribution >= 4 is 17.6 Å². The number of ether oxygens (including phenoxy) is 1. The molecule has 1 unspecified atom stereocenters. The van der Waals surface area contributed by atoms with Crippen LogP contribution in [0.3, 0.4) is 0 Å². The van der Waals surface area contributed by atoms with Crippen molar-refractivity contribution in [1.82, 2.24) is 10.6 Å². The van der Waals surface area contributed by atoms with Gasteiger partial charge in [0.05, 0.1) is 13.7 Å². The van der Waals surface area contributed by atoms with Crippen LogP contribution in [0.2, 0.25) is 5.02 Å². The molecule has 3 N–H and O–H groups in total. The fraction of sp³-hybridized carbons (Fsp3) is 0.350. The van der Waals surface area contributed by atoms with Gasteiger partial charge in [0.15, 0.2) is 5.96 Å². The lowest BCUT2D eigenvalue weighted by Crippen LogP contribution is -2.38. The molecule has 5 nitrogen and oxygen atoms in total. The van der Waals surface area contributed by atoms with E-state index in [0.717, 1.165) is 5.56 Å². The van der Waals surface area contributed by atoms with Gasteiger partial charge >= 0.3 is 0 Å². The second-order valence-electron chi connectivity index (χ2n) is 5.89. The highest BCUT2D eigenvalue weighted by molar-refractivity contribution is 6.31. The highest BCUT2D eigenvalue weighted by Crippen LogP contribution is 2.22. The van der Waals surface area contributed by atoms with Crippen molar-refractivity contribution in [3.8, 4) is 5.75 Å². The summed E-state index contributed by atoms with van der Waals surface area (Å²) in [4.78, 5) is 4.34. The Hall–Kier alpha value is -2.31. The number of aliphatic hydroxyl groups excluding tert-OH is 1. The Balaban J connectivity index is 1.92. The molecule has 0 spiro atoms. The van der Waals surface area contributed by atoms with Crippen molar-refractivity contribution in [2.24, 2.45) is 4.99 Å². The van der Waals surface area contributed by atoms with Gasteiger partial charge in [0.25, 0.3) is 0 Å². The summed E-state index contributed by atoms with van der Waals surface area (Å²) in [5.74, 6) is 0.832. The molecule has 0 aliphatic heterocycles. The molecular formula is C20H25ClFN3O2. The van der Waals surface area contributed by atoms with E-state index < -0.39 is 11.9 Å². The zero-order valence-corrected chi connectivity index (χ0v) is 16.3. The first-order valence-electron chi connectivity index (χ1n) is 8.82. The average molecular weight is 394 g/mol. The molecule has 0 bridgehead atoms. The Morgan fingerprint density at radius 3 is 2.70 bits per heavy atom. The number of hydrogen-bond donors (Lipinski definition) is 3. The Bertz CT molecular complexity index is 771. The SMILES string of the molecule is CCNC(=NCC(O)c1ccccc1F)NCCc1ccc(OC)cc1Cl. The minimum Gasteiger partial charge on any atom is -0.497 e. The van der Waals surface area contributed by atoms with Gasteiger partial charge in [-0.2, -0.15) is 0 Å². The van der Waals surface area contributed by atoms with Crippen LogP contribution < -0.4 is 15.4 Å². The topological polar surface area (TPSA) is 65.9 Å². The van der Waals surface area contributed by atoms with E-state index in [-0.39, 0.29) is 12.1 Å². The van der Waals surface area contributed by atoms with E-state index >= 15 is 0 Å². The van der Waals surface area contributed by atoms with Gasteiger partial charge in [0.2, 0.25) is 0 Å². The van der Waals surface area contributed by atoms with Gasteiger partial charge in [-0.25, -0.2) is 4.39 Å². The Kier molecular flexibility index (Phi) is 8.36. The molecular weight excluding hydrogens is 369 g/mol. The van der Waals surface area contributed by atoms with E-state index in [1.54, 1.807) is 31.4 Å². The van der Waals surface area contributed by atoms with E-state index in [1.165, 1.54) is 6.07 Å². The molecule has 0 radical (unpaired) electrons. The Morgan fingerprint density at radius 1 is 1.26 bits per heavy atom. The Labute approximate surface area is 164 Å². The van der Waals surface area contributed by atoms with Crippen LogP contribution in [0.25, 0.3) is 0 Å². The number of rotatable bonds is 8. The fourth-order valence-corrected chi connectivity index (χ4v) is 2.80. The van der Waals surface area contributed by atoms with Crippen LogP contribution in [-0.2, 0) is 6.42 Å². The monoisotopic (exact) mass is 393 g/mol. The van der Waals surface area contributed by atoms with Crippen LogP contribution >= 0.6 is 11.6 Å². The molecule has 2 aromatic rings. The molecule has 7 heteroatoms. The van der Waals surface area contributed by atoms with E-state index in [4.69, 9.17) is 16.3 Å². The predicted octanol–water partition coefficient (Wildman–Crippen LogP) is 3.32. The molecule has 0 aliphatic carbocycles. The average Bonchev–Trinajstić information content (AvgIpc) is 2.67. The first-order valence-corrected chi connectivity index (χ1v) is 9.20. The fourth-order valence-electron chi connectivity index (χ4n) is 2.54. The van der Waals surface area contributed by atoms with E-state index in [2.05, 4.69) is 15.6 Å². The molecule has 2 rings (SSSR count). The zero-order valence-electron chi connectivity index (χ0n) is 15.5. The molecule has 0 saturated heterocycles. The van der Waals surface area contributed by atoms with Gasteiger partial charge < -0.3 is 20.5 Å². The van der Waals surface area contributed by atoms with Crippen molar-refractivity contribution in [1.29, 1.82) is 0 Å². The Morgan fingerprint density at radius 2 is 2.04 bits per heavy atom. The number of halogens is 2. The smallest absolute Gasteiger partial charge is 0.191 e. The summed E-state index contributed by atoms with van der Waals surface area (Å²) in [5, 5.41) is 17.1. The number of hydrogen-bond acceptors (Lipinski definition) is 3. The maximum Gasteiger partial charge on any atom is 0.191 e. The van der Waals surface area contributed by atoms with Crippen LogP contribution in [-0.4, -0.2) is 37.8 Å². The minimum absolute atomic E-state index is 0.0551. The first kappa shape index (κ1) is 21.0. The lowest BCUT2D eigenvalue weighted by atomic mass is 10.1. The van der Waals surface area contributed by atoms with Crippen LogP contribution in [0.5, 0.6) is 5.75 Å². The van der Waals surface area contributed by atoms with Crippen LogP contribution in [0.1, 0.15) is 24.2 Å². The number of methoxy groups -OCH3 is 1. The molecule has 0 amide bonds. The molecule has 0 fully saturated rings. The van der Waals surface area contributed by atoms with Gasteiger partial charge in [-0.05, 0) is 37.1 Å². The predicted molar refractivity (Wildman–Crippen MR) is 107 cm³/mol. The number of nitrogens with one attached hydrogen (secondary N) is 2. The molecule has 27 heavy (non-hydrogen) atoms. The summed E-state index contributed by atoms with van der Waals surface area (Å²) in [6.07, 6.45) is -0.305. The zero-order chi connectivity index (χ0) is 19.6. The molecule has 0 saturated carbocycles. The largest absolute Gasteiger partial charge is 0.497 e. The van der Waals surface area contributed by atoms with Crippen LogP contribution in [0.4, 0.5) is 4.39 Å². The van der Waals surface area contributed by atoms with Gasteiger partial charge in [-0.1, -0.05) is 35.9 Å². The third kappa shape index (κ3) is 6.41. The second-order valence-corrected chi connectivity index (χ2v) is 6.30. The lowest BCUT2D eigenvalue weighted by molar-refractivity contribution is 0.182. The number of guanidine groups is 1. The summed E-state index contributed by atoms with van der Waals surface area (Å²) in [7, 11) is 1.60. The highest BCUT2D eigenvalue weighted by atomic mass is 35.5. The molecule has 0 heterocycles. The van der Waals surface area contributed by atoms with Gasteiger partial charge in [-0.15, -0.1) is 0 Å². The highest BCUT2D eigenvalue weighted by Gasteiger charge is 2.12. The van der Waals surface area contributed by atoms with Gasteiger partial charge in [0.1, 0.15) is 17.7 Å². The third-order valence-electron chi connectivity index (χ3n) is 3.98. The molecule has 146 valence electrons. The van der Waals surface area contributed by atoms with E-state index in [0.29, 0.717) is 36.2 Å². The number of nitrogens with zero attached hydrogens (tertiary/aromatic N) is 1. The maximum atomic E-state index is 13.7. The second kappa shape index (κ2) is 10.7. The van der Waals surface area contributed by atoms with Crippen molar-refractivity contribution < 1.29 is 14.2 Å². The first-order chi connectivity index (χ1) is 13.0. The summed E-state index contributed by atoms with van der Waals surface area (Å²) in [6.45, 7) is 3.28. The molecule has 0 aromatic heterocycles. The van der Waals surface area contributed by atoms with E-state index in [1.807, 2.05) is 19.1 Å². The molecule has 2 aromatic carbocycles. The summed E-state index contributed by atoms with van der Waals surface area (Å²) in [5.41, 5.74) is 1.23. The molecule has 1 atom stereocenters. The third-order valence-corrected chi connectivity index (χ3v) is 4.33. The number of aliphatic imine (C=N–C) groups is 1. The lowest BCUT2D eigenvalue weighted by Gasteiger charge is -2.14. The summed E-state index contributed by atoms with van der Waals surface area (Å²) < 4.78 is 18.9. The summed E-state index contributed by atoms with van der Waals surface area (Å²) >= 11 is 6.25.